The number of hydrogen-bond acceptors (Lipinski definition) is 4. The van der Waals surface area contributed by atoms with Crippen molar-refractivity contribution in [2.45, 2.75) is 53.4 Å². The molecule has 0 saturated carbocycles. The number of nitrogens with zero attached hydrogens (tertiary/aromatic N) is 1. The first kappa shape index (κ1) is 17.0. The van der Waals surface area contributed by atoms with Crippen LogP contribution < -0.4 is 11.1 Å². The number of thiocarbonyl (C=S) groups is 1. The SMILES string of the molecule is CCCC(CCC)(C(=O)Nc1nc(C)c(C)s1)C(N)=S. The van der Waals surface area contributed by atoms with Gasteiger partial charge in [-0.3, -0.25) is 4.79 Å². The fourth-order valence-electron chi connectivity index (χ4n) is 2.31. The molecule has 0 radical (unpaired) electrons. The minimum Gasteiger partial charge on any atom is -0.392 e. The van der Waals surface area contributed by atoms with E-state index >= 15 is 0 Å². The Morgan fingerprint density at radius 2 is 1.90 bits per heavy atom. The molecule has 0 aromatic carbocycles. The molecule has 3 N–H and O–H groups in total. The third-order valence-electron chi connectivity index (χ3n) is 3.51. The highest BCUT2D eigenvalue weighted by Gasteiger charge is 2.40. The third kappa shape index (κ3) is 3.55. The Morgan fingerprint density at radius 3 is 2.25 bits per heavy atom. The van der Waals surface area contributed by atoms with Gasteiger partial charge in [-0.2, -0.15) is 0 Å². The smallest absolute Gasteiger partial charge is 0.239 e. The largest absolute Gasteiger partial charge is 0.392 e. The lowest BCUT2D eigenvalue weighted by Crippen LogP contribution is -2.46. The fourth-order valence-corrected chi connectivity index (χ4v) is 3.41. The maximum Gasteiger partial charge on any atom is 0.239 e. The number of rotatable bonds is 7. The van der Waals surface area contributed by atoms with Crippen LogP contribution in [0.5, 0.6) is 0 Å². The van der Waals surface area contributed by atoms with Crippen LogP contribution in [0, 0.1) is 19.3 Å². The molecule has 0 spiro atoms. The molecule has 0 saturated heterocycles. The number of thiazole rings is 1. The fraction of sp³-hybridized carbons (Fsp3) is 0.643. The van der Waals surface area contributed by atoms with Crippen LogP contribution in [0.3, 0.4) is 0 Å². The Labute approximate surface area is 130 Å². The molecule has 0 aliphatic rings. The summed E-state index contributed by atoms with van der Waals surface area (Å²) in [5.41, 5.74) is 6.07. The van der Waals surface area contributed by atoms with Crippen molar-refractivity contribution in [3.05, 3.63) is 10.6 Å². The van der Waals surface area contributed by atoms with Gasteiger partial charge in [0.2, 0.25) is 5.91 Å². The minimum absolute atomic E-state index is 0.123. The number of carbonyl (C=O) groups excluding carboxylic acids is 1. The third-order valence-corrected chi connectivity index (χ3v) is 4.89. The highest BCUT2D eigenvalue weighted by atomic mass is 32.1. The van der Waals surface area contributed by atoms with Crippen LogP contribution in [0.25, 0.3) is 0 Å². The Hall–Kier alpha value is -1.01. The van der Waals surface area contributed by atoms with Crippen molar-refractivity contribution in [2.24, 2.45) is 11.1 Å². The molecule has 6 heteroatoms. The van der Waals surface area contributed by atoms with Crippen LogP contribution in [0.4, 0.5) is 5.13 Å². The molecule has 1 amide bonds. The van der Waals surface area contributed by atoms with E-state index in [2.05, 4.69) is 10.3 Å². The summed E-state index contributed by atoms with van der Waals surface area (Å²) in [5, 5.41) is 3.52. The van der Waals surface area contributed by atoms with Gasteiger partial charge in [0, 0.05) is 4.88 Å². The van der Waals surface area contributed by atoms with Crippen molar-refractivity contribution >= 4 is 39.6 Å². The Bertz CT molecular complexity index is 471. The lowest BCUT2D eigenvalue weighted by Gasteiger charge is -2.30. The molecule has 0 unspecified atom stereocenters. The molecule has 1 aromatic heterocycles. The van der Waals surface area contributed by atoms with Crippen LogP contribution >= 0.6 is 23.6 Å². The molecule has 0 aliphatic carbocycles. The van der Waals surface area contributed by atoms with Crippen molar-refractivity contribution in [1.82, 2.24) is 4.98 Å². The average Bonchev–Trinajstić information content (AvgIpc) is 2.67. The number of nitrogens with two attached hydrogens (primary N) is 1. The Morgan fingerprint density at radius 1 is 1.35 bits per heavy atom. The normalized spacial score (nSPS) is 11.4. The predicted molar refractivity (Wildman–Crippen MR) is 89.3 cm³/mol. The first-order chi connectivity index (χ1) is 9.37. The van der Waals surface area contributed by atoms with Crippen molar-refractivity contribution in [3.63, 3.8) is 0 Å². The molecule has 4 nitrogen and oxygen atoms in total. The molecule has 20 heavy (non-hydrogen) atoms. The number of nitrogens with one attached hydrogen (secondary N) is 1. The monoisotopic (exact) mass is 313 g/mol. The number of amides is 1. The lowest BCUT2D eigenvalue weighted by molar-refractivity contribution is -0.122. The van der Waals surface area contributed by atoms with E-state index in [9.17, 15) is 4.79 Å². The second-order valence-electron chi connectivity index (χ2n) is 5.06. The first-order valence-electron chi connectivity index (χ1n) is 6.92. The van der Waals surface area contributed by atoms with Gasteiger partial charge in [-0.15, -0.1) is 11.3 Å². The number of hydrogen-bond donors (Lipinski definition) is 2. The zero-order chi connectivity index (χ0) is 15.3. The number of anilines is 1. The van der Waals surface area contributed by atoms with Gasteiger partial charge in [-0.1, -0.05) is 38.9 Å². The molecule has 112 valence electrons. The maximum atomic E-state index is 12.7. The van der Waals surface area contributed by atoms with Crippen LogP contribution in [0.2, 0.25) is 0 Å². The van der Waals surface area contributed by atoms with Crippen LogP contribution in [-0.2, 0) is 4.79 Å². The zero-order valence-corrected chi connectivity index (χ0v) is 14.2. The summed E-state index contributed by atoms with van der Waals surface area (Å²) in [5.74, 6) is -0.123. The van der Waals surface area contributed by atoms with Gasteiger partial charge in [0.15, 0.2) is 5.13 Å². The number of aryl methyl sites for hydroxylation is 2. The van der Waals surface area contributed by atoms with Gasteiger partial charge >= 0.3 is 0 Å². The highest BCUT2D eigenvalue weighted by molar-refractivity contribution is 7.80. The molecule has 0 aliphatic heterocycles. The maximum absolute atomic E-state index is 12.7. The summed E-state index contributed by atoms with van der Waals surface area (Å²) < 4.78 is 0. The van der Waals surface area contributed by atoms with Crippen molar-refractivity contribution in [2.75, 3.05) is 5.32 Å². The van der Waals surface area contributed by atoms with E-state index < -0.39 is 5.41 Å². The lowest BCUT2D eigenvalue weighted by atomic mass is 9.78. The topological polar surface area (TPSA) is 68.0 Å². The van der Waals surface area contributed by atoms with Gasteiger partial charge < -0.3 is 11.1 Å². The zero-order valence-electron chi connectivity index (χ0n) is 12.6. The number of carbonyl (C=O) groups is 1. The molecule has 0 fully saturated rings. The van der Waals surface area contributed by atoms with E-state index in [1.165, 1.54) is 11.3 Å². The molecule has 0 atom stereocenters. The van der Waals surface area contributed by atoms with E-state index in [1.54, 1.807) is 0 Å². The predicted octanol–water partition coefficient (Wildman–Crippen LogP) is 3.57. The van der Waals surface area contributed by atoms with Crippen molar-refractivity contribution < 1.29 is 4.79 Å². The Kier molecular flexibility index (Phi) is 6.07. The Balaban J connectivity index is 3.00. The van der Waals surface area contributed by atoms with E-state index in [1.807, 2.05) is 27.7 Å². The van der Waals surface area contributed by atoms with Crippen LogP contribution in [-0.4, -0.2) is 15.9 Å². The van der Waals surface area contributed by atoms with E-state index in [0.717, 1.165) is 23.4 Å². The highest BCUT2D eigenvalue weighted by Crippen LogP contribution is 2.33. The van der Waals surface area contributed by atoms with Gasteiger partial charge in [0.25, 0.3) is 0 Å². The minimum atomic E-state index is -0.758. The summed E-state index contributed by atoms with van der Waals surface area (Å²) in [4.78, 5) is 18.4. The van der Waals surface area contributed by atoms with E-state index in [4.69, 9.17) is 18.0 Å². The standard InChI is InChI=1S/C14H23N3OS2/c1-5-7-14(8-6-2,11(15)19)12(18)17-13-16-9(3)10(4)20-13/h5-8H2,1-4H3,(H2,15,19)(H,16,17,18). The molecule has 1 rings (SSSR count). The molecule has 1 heterocycles. The van der Waals surface area contributed by atoms with Gasteiger partial charge in [-0.25, -0.2) is 4.98 Å². The van der Waals surface area contributed by atoms with Gasteiger partial charge in [0.1, 0.15) is 0 Å². The number of aromatic nitrogens is 1. The quantitative estimate of drug-likeness (QED) is 0.755. The molecular formula is C14H23N3OS2. The summed E-state index contributed by atoms with van der Waals surface area (Å²) in [6, 6.07) is 0. The van der Waals surface area contributed by atoms with Gasteiger partial charge in [0.05, 0.1) is 16.1 Å². The summed E-state index contributed by atoms with van der Waals surface area (Å²) >= 11 is 6.66. The van der Waals surface area contributed by atoms with Crippen molar-refractivity contribution in [1.29, 1.82) is 0 Å². The second-order valence-corrected chi connectivity index (χ2v) is 6.70. The summed E-state index contributed by atoms with van der Waals surface area (Å²) in [6.45, 7) is 7.99. The second kappa shape index (κ2) is 7.13. The van der Waals surface area contributed by atoms with Crippen molar-refractivity contribution in [3.8, 4) is 0 Å². The van der Waals surface area contributed by atoms with Gasteiger partial charge in [-0.05, 0) is 26.7 Å². The van der Waals surface area contributed by atoms with Crippen LogP contribution in [0.15, 0.2) is 0 Å². The van der Waals surface area contributed by atoms with E-state index in [0.29, 0.717) is 18.0 Å². The molecular weight excluding hydrogens is 290 g/mol. The summed E-state index contributed by atoms with van der Waals surface area (Å²) in [6.07, 6.45) is 3.07. The molecule has 1 aromatic rings. The van der Waals surface area contributed by atoms with E-state index in [-0.39, 0.29) is 10.9 Å². The summed E-state index contributed by atoms with van der Waals surface area (Å²) in [7, 11) is 0. The average molecular weight is 313 g/mol. The first-order valence-corrected chi connectivity index (χ1v) is 8.15. The molecule has 0 bridgehead atoms. The van der Waals surface area contributed by atoms with Crippen LogP contribution in [0.1, 0.15) is 50.1 Å².